The summed E-state index contributed by atoms with van der Waals surface area (Å²) in [6.07, 6.45) is -3.22. The van der Waals surface area contributed by atoms with E-state index in [1.165, 1.54) is 12.1 Å². The van der Waals surface area contributed by atoms with Gasteiger partial charge in [0, 0.05) is 29.2 Å². The summed E-state index contributed by atoms with van der Waals surface area (Å²) in [4.78, 5) is 14.8. The number of aromatic hydroxyl groups is 2. The van der Waals surface area contributed by atoms with E-state index in [0.717, 1.165) is 23.1 Å². The molecule has 31 heavy (non-hydrogen) atoms. The van der Waals surface area contributed by atoms with Crippen molar-refractivity contribution in [3.05, 3.63) is 76.9 Å². The molecule has 0 spiro atoms. The van der Waals surface area contributed by atoms with Crippen LogP contribution in [0.2, 0.25) is 0 Å². The van der Waals surface area contributed by atoms with E-state index in [4.69, 9.17) is 0 Å². The Balaban J connectivity index is 1.60. The highest BCUT2D eigenvalue weighted by Crippen LogP contribution is 2.55. The van der Waals surface area contributed by atoms with E-state index in [-0.39, 0.29) is 29.3 Å². The minimum absolute atomic E-state index is 0.0135. The lowest BCUT2D eigenvalue weighted by Gasteiger charge is -2.45. The van der Waals surface area contributed by atoms with Crippen LogP contribution in [0.4, 0.5) is 13.2 Å². The van der Waals surface area contributed by atoms with Crippen molar-refractivity contribution < 1.29 is 28.2 Å². The fourth-order valence-corrected chi connectivity index (χ4v) is 4.86. The van der Waals surface area contributed by atoms with Gasteiger partial charge in [-0.3, -0.25) is 9.36 Å². The summed E-state index contributed by atoms with van der Waals surface area (Å²) < 4.78 is 40.5. The predicted octanol–water partition coefficient (Wildman–Crippen LogP) is 4.98. The van der Waals surface area contributed by atoms with Gasteiger partial charge in [-0.2, -0.15) is 13.2 Å². The first kappa shape index (κ1) is 19.5. The number of nitrogens with zero attached hydrogens (tertiary/aromatic N) is 2. The van der Waals surface area contributed by atoms with E-state index in [9.17, 15) is 28.2 Å². The number of rotatable bonds is 2. The Morgan fingerprint density at radius 1 is 0.935 bits per heavy atom. The topological polar surface area (TPSA) is 65.7 Å². The number of aromatic nitrogens is 1. The molecule has 1 aromatic heterocycles. The van der Waals surface area contributed by atoms with Gasteiger partial charge in [-0.05, 0) is 43.2 Å². The SMILES string of the molecule is O=C(c1ccccc1)N1CC2CC[C@@H]1c1c2c(O)n(-c2cccc(C(F)(F)F)c2)c1O. The van der Waals surface area contributed by atoms with Crippen molar-refractivity contribution in [2.45, 2.75) is 31.0 Å². The van der Waals surface area contributed by atoms with Crippen LogP contribution in [0.3, 0.4) is 0 Å². The van der Waals surface area contributed by atoms with Crippen molar-refractivity contribution in [1.29, 1.82) is 0 Å². The van der Waals surface area contributed by atoms with Gasteiger partial charge in [0.1, 0.15) is 0 Å². The Kier molecular flexibility index (Phi) is 4.28. The molecule has 0 saturated carbocycles. The highest BCUT2D eigenvalue weighted by molar-refractivity contribution is 5.95. The summed E-state index contributed by atoms with van der Waals surface area (Å²) in [5.74, 6) is -0.974. The zero-order chi connectivity index (χ0) is 21.9. The Morgan fingerprint density at radius 3 is 2.35 bits per heavy atom. The van der Waals surface area contributed by atoms with E-state index in [1.54, 1.807) is 29.2 Å². The summed E-state index contributed by atoms with van der Waals surface area (Å²) >= 11 is 0. The summed E-state index contributed by atoms with van der Waals surface area (Å²) in [6, 6.07) is 12.8. The number of hydrogen-bond donors (Lipinski definition) is 2. The minimum Gasteiger partial charge on any atom is -0.494 e. The maximum absolute atomic E-state index is 13.2. The van der Waals surface area contributed by atoms with E-state index >= 15 is 0 Å². The van der Waals surface area contributed by atoms with Crippen LogP contribution in [-0.2, 0) is 6.18 Å². The average molecular weight is 428 g/mol. The molecular weight excluding hydrogens is 409 g/mol. The smallest absolute Gasteiger partial charge is 0.416 e. The van der Waals surface area contributed by atoms with Crippen LogP contribution >= 0.6 is 0 Å². The second kappa shape index (κ2) is 6.80. The molecule has 1 amide bonds. The number of carbonyl (C=O) groups is 1. The van der Waals surface area contributed by atoms with Gasteiger partial charge in [0.15, 0.2) is 0 Å². The van der Waals surface area contributed by atoms with E-state index in [2.05, 4.69) is 0 Å². The molecular formula is C23H19F3N2O3. The number of halogens is 3. The first-order valence-corrected chi connectivity index (χ1v) is 9.97. The zero-order valence-corrected chi connectivity index (χ0v) is 16.3. The summed E-state index contributed by atoms with van der Waals surface area (Å²) in [7, 11) is 0. The first-order chi connectivity index (χ1) is 14.8. The first-order valence-electron chi connectivity index (χ1n) is 9.97. The van der Waals surface area contributed by atoms with Crippen LogP contribution in [-0.4, -0.2) is 32.1 Å². The molecule has 1 unspecified atom stereocenters. The predicted molar refractivity (Wildman–Crippen MR) is 106 cm³/mol. The lowest BCUT2D eigenvalue weighted by atomic mass is 9.76. The Morgan fingerprint density at radius 2 is 1.65 bits per heavy atom. The number of carbonyl (C=O) groups excluding carboxylic acids is 1. The van der Waals surface area contributed by atoms with E-state index in [1.807, 2.05) is 6.07 Å². The van der Waals surface area contributed by atoms with Crippen molar-refractivity contribution in [3.8, 4) is 17.4 Å². The van der Waals surface area contributed by atoms with Crippen LogP contribution < -0.4 is 0 Å². The van der Waals surface area contributed by atoms with Crippen molar-refractivity contribution in [1.82, 2.24) is 9.47 Å². The quantitative estimate of drug-likeness (QED) is 0.605. The van der Waals surface area contributed by atoms with Crippen molar-refractivity contribution in [2.24, 2.45) is 0 Å². The molecule has 8 heteroatoms. The second-order valence-corrected chi connectivity index (χ2v) is 7.97. The van der Waals surface area contributed by atoms with Gasteiger partial charge in [0.25, 0.3) is 5.91 Å². The van der Waals surface area contributed by atoms with Gasteiger partial charge in [-0.25, -0.2) is 0 Å². The number of fused-ring (bicyclic) bond motifs is 2. The standard InChI is InChI=1S/C23H19F3N2O3/c24-23(25,26)15-7-4-8-16(11-15)28-21(30)18-14-9-10-17(19(18)22(28)31)27(12-14)20(29)13-5-2-1-3-6-13/h1-8,11,14,17,30-31H,9-10,12H2/t14?,17-/m1/s1. The number of piperidine rings is 1. The molecule has 3 aliphatic rings. The molecule has 2 bridgehead atoms. The molecule has 1 aliphatic carbocycles. The van der Waals surface area contributed by atoms with Crippen LogP contribution in [0, 0.1) is 0 Å². The zero-order valence-electron chi connectivity index (χ0n) is 16.3. The number of hydrogen-bond acceptors (Lipinski definition) is 3. The third kappa shape index (κ3) is 2.97. The minimum atomic E-state index is -4.55. The summed E-state index contributed by atoms with van der Waals surface area (Å²) in [6.45, 7) is 0.380. The monoisotopic (exact) mass is 428 g/mol. The molecule has 2 N–H and O–H groups in total. The molecule has 5 nitrogen and oxygen atoms in total. The number of amides is 1. The van der Waals surface area contributed by atoms with Crippen molar-refractivity contribution in [2.75, 3.05) is 6.54 Å². The molecule has 6 rings (SSSR count). The fourth-order valence-electron chi connectivity index (χ4n) is 4.86. The largest absolute Gasteiger partial charge is 0.494 e. The van der Waals surface area contributed by atoms with Gasteiger partial charge in [-0.15, -0.1) is 0 Å². The lowest BCUT2D eigenvalue weighted by Crippen LogP contribution is -2.45. The van der Waals surface area contributed by atoms with Crippen LogP contribution in [0.25, 0.3) is 5.69 Å². The molecule has 2 atom stereocenters. The molecule has 0 radical (unpaired) electrons. The van der Waals surface area contributed by atoms with Crippen LogP contribution in [0.15, 0.2) is 54.6 Å². The Labute approximate surface area is 176 Å². The fraction of sp³-hybridized carbons (Fsp3) is 0.261. The van der Waals surface area contributed by atoms with Crippen LogP contribution in [0.5, 0.6) is 11.8 Å². The van der Waals surface area contributed by atoms with Crippen molar-refractivity contribution in [3.63, 3.8) is 0 Å². The Hall–Kier alpha value is -3.42. The van der Waals surface area contributed by atoms with Crippen LogP contribution in [0.1, 0.15) is 51.8 Å². The van der Waals surface area contributed by atoms with Gasteiger partial charge in [0.2, 0.25) is 11.8 Å². The molecule has 1 fully saturated rings. The molecule has 160 valence electrons. The second-order valence-electron chi connectivity index (χ2n) is 7.97. The third-order valence-electron chi connectivity index (χ3n) is 6.23. The van der Waals surface area contributed by atoms with Crippen molar-refractivity contribution >= 4 is 5.91 Å². The summed E-state index contributed by atoms with van der Waals surface area (Å²) in [5, 5.41) is 21.9. The van der Waals surface area contributed by atoms with Gasteiger partial charge < -0.3 is 15.1 Å². The lowest BCUT2D eigenvalue weighted by molar-refractivity contribution is -0.137. The summed E-state index contributed by atoms with van der Waals surface area (Å²) in [5.41, 5.74) is 0.599. The number of benzene rings is 2. The average Bonchev–Trinajstić information content (AvgIpc) is 3.06. The van der Waals surface area contributed by atoms with Gasteiger partial charge in [0.05, 0.1) is 17.3 Å². The van der Waals surface area contributed by atoms with E-state index in [0.29, 0.717) is 29.7 Å². The highest BCUT2D eigenvalue weighted by Gasteiger charge is 2.46. The Bertz CT molecular complexity index is 1170. The third-order valence-corrected chi connectivity index (χ3v) is 6.23. The van der Waals surface area contributed by atoms with Gasteiger partial charge in [-0.1, -0.05) is 24.3 Å². The van der Waals surface area contributed by atoms with E-state index < -0.39 is 17.8 Å². The molecule has 2 aliphatic heterocycles. The molecule has 3 heterocycles. The maximum atomic E-state index is 13.2. The molecule has 2 aromatic carbocycles. The van der Waals surface area contributed by atoms with Gasteiger partial charge >= 0.3 is 6.18 Å². The molecule has 1 saturated heterocycles. The normalized spacial score (nSPS) is 20.0. The maximum Gasteiger partial charge on any atom is 0.416 e. The number of alkyl halides is 3. The highest BCUT2D eigenvalue weighted by atomic mass is 19.4. The molecule has 3 aromatic rings.